The van der Waals surface area contributed by atoms with Crippen LogP contribution >= 0.6 is 0 Å². The third-order valence-electron chi connectivity index (χ3n) is 1.75. The van der Waals surface area contributed by atoms with Gasteiger partial charge in [-0.05, 0) is 11.8 Å². The predicted octanol–water partition coefficient (Wildman–Crippen LogP) is 1.74. The molecule has 0 saturated carbocycles. The highest BCUT2D eigenvalue weighted by Crippen LogP contribution is 2.22. The highest BCUT2D eigenvalue weighted by atomic mass is 16.5. The largest absolute Gasteiger partial charge is 0.364 e. The average molecular weight is 199 g/mol. The van der Waals surface area contributed by atoms with Crippen molar-refractivity contribution < 1.29 is 9.53 Å². The van der Waals surface area contributed by atoms with Crippen molar-refractivity contribution >= 4 is 5.91 Å². The first-order chi connectivity index (χ1) is 6.40. The van der Waals surface area contributed by atoms with Gasteiger partial charge in [-0.25, -0.2) is 0 Å². The summed E-state index contributed by atoms with van der Waals surface area (Å²) in [7, 11) is 1.62. The lowest BCUT2D eigenvalue weighted by Gasteiger charge is -2.24. The SMILES string of the molecule is C=CCOC(CC(C)(C)C)C(=O)NC. The number of carbonyl (C=O) groups excluding carboxylic acids is 1. The van der Waals surface area contributed by atoms with Crippen molar-refractivity contribution in [1.82, 2.24) is 5.32 Å². The van der Waals surface area contributed by atoms with Crippen molar-refractivity contribution in [2.24, 2.45) is 5.41 Å². The van der Waals surface area contributed by atoms with Crippen molar-refractivity contribution in [3.05, 3.63) is 12.7 Å². The quantitative estimate of drug-likeness (QED) is 0.685. The number of carbonyl (C=O) groups is 1. The number of hydrogen-bond acceptors (Lipinski definition) is 2. The monoisotopic (exact) mass is 199 g/mol. The Morgan fingerprint density at radius 2 is 2.14 bits per heavy atom. The van der Waals surface area contributed by atoms with E-state index in [1.165, 1.54) is 0 Å². The molecule has 0 bridgehead atoms. The van der Waals surface area contributed by atoms with Crippen molar-refractivity contribution in [2.45, 2.75) is 33.3 Å². The molecule has 1 N–H and O–H groups in total. The number of rotatable bonds is 5. The molecule has 1 unspecified atom stereocenters. The van der Waals surface area contributed by atoms with E-state index in [-0.39, 0.29) is 17.4 Å². The minimum Gasteiger partial charge on any atom is -0.364 e. The van der Waals surface area contributed by atoms with Gasteiger partial charge in [0.15, 0.2) is 0 Å². The topological polar surface area (TPSA) is 38.3 Å². The summed E-state index contributed by atoms with van der Waals surface area (Å²) >= 11 is 0. The molecule has 3 heteroatoms. The van der Waals surface area contributed by atoms with Gasteiger partial charge in [-0.1, -0.05) is 26.8 Å². The van der Waals surface area contributed by atoms with Crippen LogP contribution in [0.4, 0.5) is 0 Å². The second kappa shape index (κ2) is 5.81. The zero-order valence-corrected chi connectivity index (χ0v) is 9.59. The number of hydrogen-bond donors (Lipinski definition) is 1. The van der Waals surface area contributed by atoms with Gasteiger partial charge in [-0.3, -0.25) is 4.79 Å². The molecule has 0 aromatic heterocycles. The maximum atomic E-state index is 11.4. The van der Waals surface area contributed by atoms with Crippen molar-refractivity contribution in [1.29, 1.82) is 0 Å². The molecule has 0 rings (SSSR count). The normalized spacial score (nSPS) is 13.4. The van der Waals surface area contributed by atoms with Gasteiger partial charge in [0.1, 0.15) is 6.10 Å². The zero-order valence-electron chi connectivity index (χ0n) is 9.59. The second-order valence-electron chi connectivity index (χ2n) is 4.49. The molecule has 0 aliphatic carbocycles. The lowest BCUT2D eigenvalue weighted by Crippen LogP contribution is -2.36. The first-order valence-corrected chi connectivity index (χ1v) is 4.85. The number of ether oxygens (including phenoxy) is 1. The van der Waals surface area contributed by atoms with Gasteiger partial charge in [-0.2, -0.15) is 0 Å². The standard InChI is InChI=1S/C11H21NO2/c1-6-7-14-9(10(13)12-5)8-11(2,3)4/h6,9H,1,7-8H2,2-5H3,(H,12,13). The lowest BCUT2D eigenvalue weighted by molar-refractivity contribution is -0.133. The molecule has 0 heterocycles. The third kappa shape index (κ3) is 5.75. The van der Waals surface area contributed by atoms with Gasteiger partial charge in [0.25, 0.3) is 0 Å². The van der Waals surface area contributed by atoms with Crippen LogP contribution in [-0.2, 0) is 9.53 Å². The molecule has 0 aliphatic rings. The Morgan fingerprint density at radius 1 is 1.57 bits per heavy atom. The van der Waals surface area contributed by atoms with E-state index in [1.54, 1.807) is 13.1 Å². The Balaban J connectivity index is 4.24. The van der Waals surface area contributed by atoms with Crippen molar-refractivity contribution in [3.63, 3.8) is 0 Å². The summed E-state index contributed by atoms with van der Waals surface area (Å²) in [6, 6.07) is 0. The molecule has 1 atom stereocenters. The highest BCUT2D eigenvalue weighted by molar-refractivity contribution is 5.80. The molecule has 0 aromatic rings. The van der Waals surface area contributed by atoms with Gasteiger partial charge < -0.3 is 10.1 Å². The van der Waals surface area contributed by atoms with Gasteiger partial charge in [0.2, 0.25) is 5.91 Å². The van der Waals surface area contributed by atoms with Crippen LogP contribution in [0.5, 0.6) is 0 Å². The van der Waals surface area contributed by atoms with E-state index >= 15 is 0 Å². The van der Waals surface area contributed by atoms with Crippen LogP contribution in [-0.4, -0.2) is 25.7 Å². The fraction of sp³-hybridized carbons (Fsp3) is 0.727. The van der Waals surface area contributed by atoms with E-state index in [2.05, 4.69) is 32.7 Å². The van der Waals surface area contributed by atoms with Crippen LogP contribution in [0.25, 0.3) is 0 Å². The van der Waals surface area contributed by atoms with E-state index in [0.29, 0.717) is 13.0 Å². The highest BCUT2D eigenvalue weighted by Gasteiger charge is 2.24. The van der Waals surface area contributed by atoms with Crippen LogP contribution in [0.15, 0.2) is 12.7 Å². The summed E-state index contributed by atoms with van der Waals surface area (Å²) in [6.07, 6.45) is 1.98. The van der Waals surface area contributed by atoms with Gasteiger partial charge >= 0.3 is 0 Å². The van der Waals surface area contributed by atoms with Crippen LogP contribution in [0.2, 0.25) is 0 Å². The van der Waals surface area contributed by atoms with E-state index in [0.717, 1.165) is 0 Å². The minimum atomic E-state index is -0.377. The average Bonchev–Trinajstić information content (AvgIpc) is 2.09. The van der Waals surface area contributed by atoms with E-state index in [1.807, 2.05) is 0 Å². The van der Waals surface area contributed by atoms with E-state index in [4.69, 9.17) is 4.74 Å². The van der Waals surface area contributed by atoms with E-state index < -0.39 is 0 Å². The molecule has 82 valence electrons. The Bertz CT molecular complexity index is 194. The molecule has 0 spiro atoms. The predicted molar refractivity (Wildman–Crippen MR) is 58.1 cm³/mol. The number of likely N-dealkylation sites (N-methyl/N-ethyl adjacent to an activating group) is 1. The Hall–Kier alpha value is -0.830. The maximum Gasteiger partial charge on any atom is 0.248 e. The molecule has 0 aromatic carbocycles. The van der Waals surface area contributed by atoms with Crippen LogP contribution in [0, 0.1) is 5.41 Å². The Labute approximate surface area is 86.5 Å². The van der Waals surface area contributed by atoms with Crippen LogP contribution < -0.4 is 5.32 Å². The smallest absolute Gasteiger partial charge is 0.248 e. The molecular weight excluding hydrogens is 178 g/mol. The number of nitrogens with one attached hydrogen (secondary N) is 1. The molecule has 0 fully saturated rings. The molecule has 0 saturated heterocycles. The summed E-state index contributed by atoms with van der Waals surface area (Å²) in [5.74, 6) is -0.0678. The first-order valence-electron chi connectivity index (χ1n) is 4.85. The molecule has 0 aliphatic heterocycles. The molecule has 3 nitrogen and oxygen atoms in total. The second-order valence-corrected chi connectivity index (χ2v) is 4.49. The summed E-state index contributed by atoms with van der Waals surface area (Å²) < 4.78 is 5.39. The van der Waals surface area contributed by atoms with Crippen molar-refractivity contribution in [2.75, 3.05) is 13.7 Å². The van der Waals surface area contributed by atoms with Crippen LogP contribution in [0.3, 0.4) is 0 Å². The minimum absolute atomic E-state index is 0.0678. The Kier molecular flexibility index (Phi) is 5.46. The molecule has 1 amide bonds. The summed E-state index contributed by atoms with van der Waals surface area (Å²) in [5, 5.41) is 2.60. The lowest BCUT2D eigenvalue weighted by atomic mass is 9.89. The summed E-state index contributed by atoms with van der Waals surface area (Å²) in [4.78, 5) is 11.4. The fourth-order valence-electron chi connectivity index (χ4n) is 1.13. The van der Waals surface area contributed by atoms with Crippen molar-refractivity contribution in [3.8, 4) is 0 Å². The first kappa shape index (κ1) is 13.2. The Morgan fingerprint density at radius 3 is 2.50 bits per heavy atom. The van der Waals surface area contributed by atoms with Gasteiger partial charge in [-0.15, -0.1) is 6.58 Å². The molecule has 14 heavy (non-hydrogen) atoms. The molecular formula is C11H21NO2. The van der Waals surface area contributed by atoms with Gasteiger partial charge in [0, 0.05) is 7.05 Å². The fourth-order valence-corrected chi connectivity index (χ4v) is 1.13. The third-order valence-corrected chi connectivity index (χ3v) is 1.75. The number of amides is 1. The van der Waals surface area contributed by atoms with Gasteiger partial charge in [0.05, 0.1) is 6.61 Å². The molecule has 0 radical (unpaired) electrons. The maximum absolute atomic E-state index is 11.4. The summed E-state index contributed by atoms with van der Waals surface area (Å²) in [6.45, 7) is 10.2. The summed E-state index contributed by atoms with van der Waals surface area (Å²) in [5.41, 5.74) is 0.0817. The van der Waals surface area contributed by atoms with Crippen LogP contribution in [0.1, 0.15) is 27.2 Å². The van der Waals surface area contributed by atoms with E-state index in [9.17, 15) is 4.79 Å². The zero-order chi connectivity index (χ0) is 11.2.